The molecule has 1 atom stereocenters. The molecular formula is C22H24FNO5. The molecule has 3 rings (SSSR count). The summed E-state index contributed by atoms with van der Waals surface area (Å²) in [5, 5.41) is 0. The molecule has 0 radical (unpaired) electrons. The topological polar surface area (TPSA) is 65.1 Å². The Morgan fingerprint density at radius 2 is 1.83 bits per heavy atom. The van der Waals surface area contributed by atoms with Crippen LogP contribution in [0.3, 0.4) is 0 Å². The molecule has 154 valence electrons. The van der Waals surface area contributed by atoms with Crippen LogP contribution in [0.2, 0.25) is 0 Å². The Morgan fingerprint density at radius 3 is 2.48 bits per heavy atom. The van der Waals surface area contributed by atoms with Crippen molar-refractivity contribution in [1.29, 1.82) is 0 Å². The molecule has 0 N–H and O–H groups in total. The van der Waals surface area contributed by atoms with Gasteiger partial charge >= 0.3 is 5.97 Å². The molecule has 1 amide bonds. The number of carbonyl (C=O) groups is 2. The molecule has 29 heavy (non-hydrogen) atoms. The maximum absolute atomic E-state index is 13.5. The molecule has 1 heterocycles. The fourth-order valence-corrected chi connectivity index (χ4v) is 3.71. The minimum atomic E-state index is -0.493. The lowest BCUT2D eigenvalue weighted by Crippen LogP contribution is -2.42. The first-order chi connectivity index (χ1) is 14.0. The third-order valence-electron chi connectivity index (χ3n) is 5.16. The Kier molecular flexibility index (Phi) is 6.36. The Bertz CT molecular complexity index is 914. The van der Waals surface area contributed by atoms with E-state index in [9.17, 15) is 14.0 Å². The zero-order chi connectivity index (χ0) is 21.0. The smallest absolute Gasteiger partial charge is 0.307 e. The van der Waals surface area contributed by atoms with Gasteiger partial charge in [0.15, 0.2) is 11.5 Å². The fourth-order valence-electron chi connectivity index (χ4n) is 3.71. The van der Waals surface area contributed by atoms with E-state index >= 15 is 0 Å². The van der Waals surface area contributed by atoms with E-state index in [2.05, 4.69) is 0 Å². The molecule has 0 aromatic heterocycles. The van der Waals surface area contributed by atoms with Crippen LogP contribution in [-0.4, -0.2) is 44.7 Å². The minimum absolute atomic E-state index is 0.0217. The van der Waals surface area contributed by atoms with E-state index in [1.165, 1.54) is 26.4 Å². The number of rotatable bonds is 6. The first-order valence-corrected chi connectivity index (χ1v) is 9.32. The molecule has 6 nitrogen and oxygen atoms in total. The van der Waals surface area contributed by atoms with E-state index in [1.54, 1.807) is 24.1 Å². The van der Waals surface area contributed by atoms with E-state index in [0.717, 1.165) is 11.1 Å². The highest BCUT2D eigenvalue weighted by molar-refractivity contribution is 5.81. The number of hydrogen-bond donors (Lipinski definition) is 0. The predicted octanol–water partition coefficient (Wildman–Crippen LogP) is 3.07. The summed E-state index contributed by atoms with van der Waals surface area (Å²) >= 11 is 0. The summed E-state index contributed by atoms with van der Waals surface area (Å²) in [7, 11) is 4.42. The number of ether oxygens (including phenoxy) is 3. The zero-order valence-electron chi connectivity index (χ0n) is 16.7. The van der Waals surface area contributed by atoms with Gasteiger partial charge in [-0.1, -0.05) is 12.1 Å². The second-order valence-corrected chi connectivity index (χ2v) is 6.85. The number of benzene rings is 2. The summed E-state index contributed by atoms with van der Waals surface area (Å²) in [4.78, 5) is 26.8. The van der Waals surface area contributed by atoms with E-state index in [0.29, 0.717) is 30.0 Å². The van der Waals surface area contributed by atoms with Crippen molar-refractivity contribution in [2.24, 2.45) is 0 Å². The van der Waals surface area contributed by atoms with Crippen molar-refractivity contribution in [3.63, 3.8) is 0 Å². The highest BCUT2D eigenvalue weighted by Gasteiger charge is 2.33. The number of esters is 1. The normalized spacial score (nSPS) is 15.4. The van der Waals surface area contributed by atoms with Crippen molar-refractivity contribution in [2.75, 3.05) is 27.9 Å². The van der Waals surface area contributed by atoms with Crippen LogP contribution in [0, 0.1) is 5.82 Å². The number of carbonyl (C=O) groups excluding carboxylic acids is 2. The summed E-state index contributed by atoms with van der Waals surface area (Å²) in [6.45, 7) is 0.443. The SMILES string of the molecule is COC(=O)CC1c2cc(OC)c(OC)cc2CCN1C(=O)Cc1cccc(F)c1. The first kappa shape index (κ1) is 20.6. The van der Waals surface area contributed by atoms with Crippen LogP contribution in [0.1, 0.15) is 29.2 Å². The van der Waals surface area contributed by atoms with Crippen molar-refractivity contribution >= 4 is 11.9 Å². The highest BCUT2D eigenvalue weighted by Crippen LogP contribution is 2.39. The summed E-state index contributed by atoms with van der Waals surface area (Å²) < 4.78 is 29.1. The van der Waals surface area contributed by atoms with Crippen molar-refractivity contribution in [3.8, 4) is 11.5 Å². The summed E-state index contributed by atoms with van der Waals surface area (Å²) in [6, 6.07) is 9.17. The monoisotopic (exact) mass is 401 g/mol. The van der Waals surface area contributed by atoms with Gasteiger partial charge in [0, 0.05) is 6.54 Å². The van der Waals surface area contributed by atoms with E-state index < -0.39 is 12.0 Å². The van der Waals surface area contributed by atoms with E-state index in [-0.39, 0.29) is 24.6 Å². The van der Waals surface area contributed by atoms with Gasteiger partial charge in [0.25, 0.3) is 0 Å². The lowest BCUT2D eigenvalue weighted by Gasteiger charge is -2.37. The number of hydrogen-bond acceptors (Lipinski definition) is 5. The Balaban J connectivity index is 1.95. The van der Waals surface area contributed by atoms with E-state index in [1.807, 2.05) is 12.1 Å². The predicted molar refractivity (Wildman–Crippen MR) is 104 cm³/mol. The molecule has 0 bridgehead atoms. The molecule has 1 unspecified atom stereocenters. The van der Waals surface area contributed by atoms with Crippen molar-refractivity contribution in [1.82, 2.24) is 4.90 Å². The molecular weight excluding hydrogens is 377 g/mol. The Labute approximate surface area is 169 Å². The zero-order valence-corrected chi connectivity index (χ0v) is 16.7. The lowest BCUT2D eigenvalue weighted by molar-refractivity contribution is -0.144. The number of nitrogens with zero attached hydrogens (tertiary/aromatic N) is 1. The molecule has 0 saturated carbocycles. The van der Waals surface area contributed by atoms with Crippen LogP contribution < -0.4 is 9.47 Å². The lowest BCUT2D eigenvalue weighted by atomic mass is 9.89. The maximum atomic E-state index is 13.5. The van der Waals surface area contributed by atoms with Gasteiger partial charge in [-0.2, -0.15) is 0 Å². The number of amides is 1. The molecule has 1 aliphatic rings. The maximum Gasteiger partial charge on any atom is 0.307 e. The third-order valence-corrected chi connectivity index (χ3v) is 5.16. The minimum Gasteiger partial charge on any atom is -0.493 e. The Morgan fingerprint density at radius 1 is 1.10 bits per heavy atom. The highest BCUT2D eigenvalue weighted by atomic mass is 19.1. The molecule has 1 aliphatic heterocycles. The fraction of sp³-hybridized carbons (Fsp3) is 0.364. The molecule has 2 aromatic carbocycles. The van der Waals surface area contributed by atoms with Crippen molar-refractivity contribution < 1.29 is 28.2 Å². The number of methoxy groups -OCH3 is 3. The van der Waals surface area contributed by atoms with Crippen molar-refractivity contribution in [2.45, 2.75) is 25.3 Å². The quantitative estimate of drug-likeness (QED) is 0.696. The second kappa shape index (κ2) is 8.94. The van der Waals surface area contributed by atoms with Gasteiger partial charge in [-0.05, 0) is 47.4 Å². The molecule has 0 spiro atoms. The average molecular weight is 401 g/mol. The van der Waals surface area contributed by atoms with Crippen LogP contribution >= 0.6 is 0 Å². The standard InChI is InChI=1S/C22H24FNO5/c1-27-19-11-15-7-8-24(21(25)10-14-5-4-6-16(23)9-14)18(13-22(26)29-3)17(15)12-20(19)28-2/h4-6,9,11-12,18H,7-8,10,13H2,1-3H3. The number of halogens is 1. The largest absolute Gasteiger partial charge is 0.493 e. The second-order valence-electron chi connectivity index (χ2n) is 6.85. The third kappa shape index (κ3) is 4.50. The van der Waals surface area contributed by atoms with Gasteiger partial charge in [0.05, 0.1) is 40.2 Å². The summed E-state index contributed by atoms with van der Waals surface area (Å²) in [6.07, 6.45) is 0.689. The van der Waals surface area contributed by atoms with Crippen LogP contribution in [-0.2, 0) is 27.2 Å². The van der Waals surface area contributed by atoms with E-state index in [4.69, 9.17) is 14.2 Å². The van der Waals surface area contributed by atoms with Crippen molar-refractivity contribution in [3.05, 3.63) is 58.9 Å². The van der Waals surface area contributed by atoms with Gasteiger partial charge < -0.3 is 19.1 Å². The average Bonchev–Trinajstić information content (AvgIpc) is 2.72. The van der Waals surface area contributed by atoms with Gasteiger partial charge in [-0.3, -0.25) is 9.59 Å². The summed E-state index contributed by atoms with van der Waals surface area (Å²) in [5.41, 5.74) is 2.41. The molecule has 0 aliphatic carbocycles. The van der Waals surface area contributed by atoms with Crippen LogP contribution in [0.15, 0.2) is 36.4 Å². The van der Waals surface area contributed by atoms with Gasteiger partial charge in [-0.25, -0.2) is 4.39 Å². The van der Waals surface area contributed by atoms with Crippen LogP contribution in [0.4, 0.5) is 4.39 Å². The first-order valence-electron chi connectivity index (χ1n) is 9.32. The van der Waals surface area contributed by atoms with Gasteiger partial charge in [0.2, 0.25) is 5.91 Å². The molecule has 0 fully saturated rings. The van der Waals surface area contributed by atoms with Gasteiger partial charge in [-0.15, -0.1) is 0 Å². The van der Waals surface area contributed by atoms with Crippen LogP contribution in [0.25, 0.3) is 0 Å². The molecule has 2 aromatic rings. The summed E-state index contributed by atoms with van der Waals surface area (Å²) in [5.74, 6) is 0.150. The molecule has 0 saturated heterocycles. The molecule has 7 heteroatoms. The van der Waals surface area contributed by atoms with Crippen LogP contribution in [0.5, 0.6) is 11.5 Å². The van der Waals surface area contributed by atoms with Gasteiger partial charge in [0.1, 0.15) is 5.82 Å². The Hall–Kier alpha value is -3.09. The number of fused-ring (bicyclic) bond motifs is 1.